The minimum Gasteiger partial charge on any atom is -0.481 e. The number of hydrogen-bond acceptors (Lipinski definition) is 9. The van der Waals surface area contributed by atoms with Gasteiger partial charge in [0.2, 0.25) is 0 Å². The molecule has 0 aromatic heterocycles. The molecule has 5 fully saturated rings. The lowest BCUT2D eigenvalue weighted by Crippen LogP contribution is -2.70. The van der Waals surface area contributed by atoms with Crippen LogP contribution in [0.3, 0.4) is 0 Å². The molecule has 0 spiro atoms. The van der Waals surface area contributed by atoms with Crippen molar-refractivity contribution in [2.24, 2.45) is 50.2 Å². The Kier molecular flexibility index (Phi) is 8.27. The predicted molar refractivity (Wildman–Crippen MR) is 168 cm³/mol. The van der Waals surface area contributed by atoms with Crippen molar-refractivity contribution in [2.45, 2.75) is 149 Å². The van der Waals surface area contributed by atoms with Crippen LogP contribution < -0.4 is 0 Å². The number of rotatable bonds is 4. The van der Waals surface area contributed by atoms with Crippen LogP contribution in [0.1, 0.15) is 99.8 Å². The van der Waals surface area contributed by atoms with Crippen LogP contribution in [0.4, 0.5) is 0 Å². The summed E-state index contributed by atoms with van der Waals surface area (Å²) < 4.78 is 12.1. The van der Waals surface area contributed by atoms with Crippen molar-refractivity contribution in [2.75, 3.05) is 6.61 Å². The Bertz CT molecular complexity index is 1250. The minimum atomic E-state index is -1.51. The minimum absolute atomic E-state index is 0.0562. The Hall–Kier alpha value is -1.11. The van der Waals surface area contributed by atoms with Gasteiger partial charge in [-0.15, -0.1) is 0 Å². The van der Waals surface area contributed by atoms with Gasteiger partial charge in [0.1, 0.15) is 24.4 Å². The highest BCUT2D eigenvalue weighted by Crippen LogP contribution is 2.76. The molecule has 0 aromatic carbocycles. The number of aliphatic hydroxyl groups excluding tert-OH is 6. The van der Waals surface area contributed by atoms with Gasteiger partial charge in [0.05, 0.1) is 30.3 Å². The first-order valence-corrected chi connectivity index (χ1v) is 17.5. The van der Waals surface area contributed by atoms with E-state index in [1.165, 1.54) is 5.57 Å². The molecular weight excluding hydrogens is 592 g/mol. The molecule has 1 heterocycles. The highest BCUT2D eigenvalue weighted by molar-refractivity contribution is 5.77. The van der Waals surface area contributed by atoms with Crippen LogP contribution in [-0.4, -0.2) is 97.3 Å². The molecule has 4 saturated carbocycles. The van der Waals surface area contributed by atoms with E-state index < -0.39 is 82.6 Å². The van der Waals surface area contributed by atoms with E-state index in [2.05, 4.69) is 40.7 Å². The van der Waals surface area contributed by atoms with Crippen LogP contribution in [0.25, 0.3) is 0 Å². The van der Waals surface area contributed by atoms with Gasteiger partial charge < -0.3 is 45.2 Å². The molecule has 5 aliphatic carbocycles. The van der Waals surface area contributed by atoms with Crippen molar-refractivity contribution in [3.05, 3.63) is 11.6 Å². The molecular formula is C36H58O10. The zero-order valence-corrected chi connectivity index (χ0v) is 28.6. The Morgan fingerprint density at radius 1 is 0.891 bits per heavy atom. The van der Waals surface area contributed by atoms with Crippen LogP contribution in [0.5, 0.6) is 0 Å². The van der Waals surface area contributed by atoms with Crippen LogP contribution >= 0.6 is 0 Å². The lowest BCUT2D eigenvalue weighted by molar-refractivity contribution is -0.332. The van der Waals surface area contributed by atoms with Gasteiger partial charge in [-0.25, -0.2) is 0 Å². The fraction of sp³-hybridized carbons (Fsp3) is 0.917. The van der Waals surface area contributed by atoms with E-state index in [0.29, 0.717) is 32.1 Å². The summed E-state index contributed by atoms with van der Waals surface area (Å²) in [6.07, 6.45) is -1.31. The van der Waals surface area contributed by atoms with Gasteiger partial charge in [0.25, 0.3) is 0 Å². The molecule has 0 unspecified atom stereocenters. The van der Waals surface area contributed by atoms with E-state index >= 15 is 0 Å². The molecule has 10 nitrogen and oxygen atoms in total. The van der Waals surface area contributed by atoms with Crippen molar-refractivity contribution in [3.8, 4) is 0 Å². The standard InChI is InChI=1S/C36H58O10/c1-31(2)15-19-18-8-9-21-33(5)11-10-25(46-29-28(42)27(41)26(40)20(17-37)45-29)32(3,4)22(33)14-23(38)35(21,7)34(18,6)12-13-36(19,30(43)44)16-24(31)39/h8,19-29,37-42H,9-17H2,1-7H3,(H,43,44)/t19-,20-,21+,22-,23-,24-,25-,26-,27+,28-,29+,33+,34+,35-,36+/m0/s1. The van der Waals surface area contributed by atoms with Crippen molar-refractivity contribution >= 4 is 5.97 Å². The average molecular weight is 651 g/mol. The van der Waals surface area contributed by atoms with E-state index in [0.717, 1.165) is 12.8 Å². The average Bonchev–Trinajstić information content (AvgIpc) is 2.97. The van der Waals surface area contributed by atoms with Gasteiger partial charge in [-0.3, -0.25) is 4.79 Å². The number of fused-ring (bicyclic) bond motifs is 7. The summed E-state index contributed by atoms with van der Waals surface area (Å²) in [6.45, 7) is 14.7. The Morgan fingerprint density at radius 2 is 1.57 bits per heavy atom. The van der Waals surface area contributed by atoms with Crippen molar-refractivity contribution in [1.82, 2.24) is 0 Å². The van der Waals surface area contributed by atoms with Gasteiger partial charge in [-0.2, -0.15) is 0 Å². The zero-order valence-electron chi connectivity index (χ0n) is 28.6. The number of ether oxygens (including phenoxy) is 2. The van der Waals surface area contributed by atoms with Crippen molar-refractivity contribution < 1.29 is 50.0 Å². The third-order valence-electron chi connectivity index (χ3n) is 15.4. The molecule has 1 saturated heterocycles. The Balaban J connectivity index is 1.33. The van der Waals surface area contributed by atoms with Gasteiger partial charge in [-0.1, -0.05) is 60.1 Å². The second-order valence-electron chi connectivity index (χ2n) is 18.0. The molecule has 0 amide bonds. The molecule has 0 bridgehead atoms. The van der Waals surface area contributed by atoms with Gasteiger partial charge >= 0.3 is 5.97 Å². The van der Waals surface area contributed by atoms with Gasteiger partial charge in [0.15, 0.2) is 6.29 Å². The van der Waals surface area contributed by atoms with Crippen LogP contribution in [0, 0.1) is 50.2 Å². The Morgan fingerprint density at radius 3 is 2.20 bits per heavy atom. The second kappa shape index (κ2) is 10.9. The maximum Gasteiger partial charge on any atom is 0.310 e. The maximum atomic E-state index is 13.0. The fourth-order valence-corrected chi connectivity index (χ4v) is 12.1. The number of carboxylic acid groups (broad SMARTS) is 1. The van der Waals surface area contributed by atoms with Crippen LogP contribution in [0.2, 0.25) is 0 Å². The number of aliphatic hydroxyl groups is 6. The highest BCUT2D eigenvalue weighted by atomic mass is 16.7. The molecule has 6 aliphatic rings. The highest BCUT2D eigenvalue weighted by Gasteiger charge is 2.72. The molecule has 6 rings (SSSR count). The van der Waals surface area contributed by atoms with E-state index in [1.54, 1.807) is 0 Å². The van der Waals surface area contributed by atoms with Crippen LogP contribution in [-0.2, 0) is 14.3 Å². The molecule has 0 aromatic rings. The number of hydrogen-bond donors (Lipinski definition) is 7. The third kappa shape index (κ3) is 4.46. The number of aliphatic carboxylic acids is 1. The summed E-state index contributed by atoms with van der Waals surface area (Å²) in [7, 11) is 0. The van der Waals surface area contributed by atoms with Gasteiger partial charge in [0, 0.05) is 5.41 Å². The fourth-order valence-electron chi connectivity index (χ4n) is 12.1. The predicted octanol–water partition coefficient (Wildman–Crippen LogP) is 3.00. The normalized spacial score (nSPS) is 54.4. The van der Waals surface area contributed by atoms with E-state index in [1.807, 2.05) is 13.8 Å². The summed E-state index contributed by atoms with van der Waals surface area (Å²) >= 11 is 0. The molecule has 262 valence electrons. The second-order valence-corrected chi connectivity index (χ2v) is 18.0. The summed E-state index contributed by atoms with van der Waals surface area (Å²) in [6, 6.07) is 0. The summed E-state index contributed by atoms with van der Waals surface area (Å²) in [5, 5.41) is 75.1. The van der Waals surface area contributed by atoms with Crippen molar-refractivity contribution in [1.29, 1.82) is 0 Å². The molecule has 46 heavy (non-hydrogen) atoms. The lowest BCUT2D eigenvalue weighted by atomic mass is 9.33. The van der Waals surface area contributed by atoms with E-state index in [-0.39, 0.29) is 35.7 Å². The van der Waals surface area contributed by atoms with E-state index in [9.17, 15) is 40.5 Å². The summed E-state index contributed by atoms with van der Waals surface area (Å²) in [5.41, 5.74) is -1.76. The third-order valence-corrected chi connectivity index (χ3v) is 15.4. The smallest absolute Gasteiger partial charge is 0.310 e. The first-order chi connectivity index (χ1) is 21.2. The maximum absolute atomic E-state index is 13.0. The first kappa shape index (κ1) is 34.7. The first-order valence-electron chi connectivity index (χ1n) is 17.5. The number of allylic oxidation sites excluding steroid dienone is 2. The molecule has 1 aliphatic heterocycles. The quantitative estimate of drug-likeness (QED) is 0.177. The summed E-state index contributed by atoms with van der Waals surface area (Å²) in [5.74, 6) is -0.829. The molecule has 10 heteroatoms. The Labute approximate surface area is 273 Å². The van der Waals surface area contributed by atoms with Crippen molar-refractivity contribution in [3.63, 3.8) is 0 Å². The monoisotopic (exact) mass is 650 g/mol. The molecule has 15 atom stereocenters. The number of carboxylic acids is 1. The van der Waals surface area contributed by atoms with Gasteiger partial charge in [-0.05, 0) is 90.8 Å². The largest absolute Gasteiger partial charge is 0.481 e. The zero-order chi connectivity index (χ0) is 34.0. The number of carbonyl (C=O) groups is 1. The van der Waals surface area contributed by atoms with Crippen LogP contribution in [0.15, 0.2) is 11.6 Å². The SMILES string of the molecule is CC1(C)C[C@H]2C3=CC[C@@H]4[C@@]5(C)CC[C@H](O[C@H]6O[C@@H](CO)[C@H](O)[C@@H](O)[C@@H]6O)C(C)(C)[C@@H]5C[C@H](O)[C@@]4(C)[C@]3(C)CC[C@@]2(C(=O)O)C[C@@H]1O. The molecule has 7 N–H and O–H groups in total. The topological polar surface area (TPSA) is 177 Å². The molecule has 0 radical (unpaired) electrons. The lowest BCUT2D eigenvalue weighted by Gasteiger charge is -2.72. The summed E-state index contributed by atoms with van der Waals surface area (Å²) in [4.78, 5) is 13.0. The van der Waals surface area contributed by atoms with E-state index in [4.69, 9.17) is 9.47 Å².